The molecular formula is C8H7NO4. The van der Waals surface area contributed by atoms with Crippen LogP contribution in [-0.2, 0) is 14.2 Å². The van der Waals surface area contributed by atoms with E-state index >= 15 is 0 Å². The molecule has 13 heavy (non-hydrogen) atoms. The summed E-state index contributed by atoms with van der Waals surface area (Å²) >= 11 is 0. The van der Waals surface area contributed by atoms with Gasteiger partial charge in [-0.1, -0.05) is 0 Å². The van der Waals surface area contributed by atoms with Crippen molar-refractivity contribution in [3.8, 4) is 0 Å². The number of esters is 1. The fourth-order valence-corrected chi connectivity index (χ4v) is 0.885. The van der Waals surface area contributed by atoms with Crippen molar-refractivity contribution in [3.63, 3.8) is 0 Å². The lowest BCUT2D eigenvalue weighted by atomic mass is 10.4. The fourth-order valence-electron chi connectivity index (χ4n) is 0.885. The Balaban J connectivity index is 1.99. The van der Waals surface area contributed by atoms with Crippen LogP contribution in [-0.4, -0.2) is 17.7 Å². The Morgan fingerprint density at radius 2 is 2.54 bits per heavy atom. The summed E-state index contributed by atoms with van der Waals surface area (Å²) in [6.07, 6.45) is 2.89. The van der Waals surface area contributed by atoms with Gasteiger partial charge in [0.05, 0.1) is 0 Å². The van der Waals surface area contributed by atoms with Gasteiger partial charge in [-0.3, -0.25) is 0 Å². The number of carbonyl (C=O) groups excluding carboxylic acids is 1. The average Bonchev–Trinajstić information content (AvgIpc) is 2.74. The Hall–Kier alpha value is -1.91. The fraction of sp³-hybridized carbons (Fsp3) is 0.125. The summed E-state index contributed by atoms with van der Waals surface area (Å²) in [5.74, 6) is -0.415. The first-order chi connectivity index (χ1) is 6.36. The van der Waals surface area contributed by atoms with Gasteiger partial charge in [0, 0.05) is 6.20 Å². The zero-order valence-electron chi connectivity index (χ0n) is 6.65. The number of H-pyrrole nitrogens is 1. The molecule has 1 aromatic heterocycles. The highest BCUT2D eigenvalue weighted by atomic mass is 16.8. The lowest BCUT2D eigenvalue weighted by Crippen LogP contribution is -2.05. The van der Waals surface area contributed by atoms with Crippen LogP contribution in [0.2, 0.25) is 0 Å². The summed E-state index contributed by atoms with van der Waals surface area (Å²) < 4.78 is 14.3. The maximum absolute atomic E-state index is 11.2. The van der Waals surface area contributed by atoms with Gasteiger partial charge >= 0.3 is 11.9 Å². The van der Waals surface area contributed by atoms with E-state index in [2.05, 4.69) is 4.98 Å². The van der Waals surface area contributed by atoms with Gasteiger partial charge in [-0.2, -0.15) is 0 Å². The van der Waals surface area contributed by atoms with E-state index in [9.17, 15) is 4.79 Å². The van der Waals surface area contributed by atoms with E-state index in [1.54, 1.807) is 18.3 Å². The molecule has 1 aliphatic heterocycles. The predicted molar refractivity (Wildman–Crippen MR) is 41.3 cm³/mol. The Morgan fingerprint density at radius 3 is 3.15 bits per heavy atom. The van der Waals surface area contributed by atoms with Crippen LogP contribution in [0.3, 0.4) is 0 Å². The maximum atomic E-state index is 11.2. The minimum Gasteiger partial charge on any atom is -0.458 e. The predicted octanol–water partition coefficient (Wildman–Crippen LogP) is 0.975. The van der Waals surface area contributed by atoms with E-state index in [4.69, 9.17) is 14.2 Å². The Bertz CT molecular complexity index is 328. The number of hydrogen-bond acceptors (Lipinski definition) is 4. The number of hydrogen-bond donors (Lipinski definition) is 1. The molecule has 1 N–H and O–H groups in total. The van der Waals surface area contributed by atoms with Gasteiger partial charge in [-0.15, -0.1) is 0 Å². The number of aromatic nitrogens is 1. The van der Waals surface area contributed by atoms with Crippen LogP contribution in [0.4, 0.5) is 0 Å². The smallest absolute Gasteiger partial charge is 0.362 e. The molecule has 5 heteroatoms. The highest BCUT2D eigenvalue weighted by molar-refractivity contribution is 5.87. The molecule has 0 aliphatic carbocycles. The number of carbonyl (C=O) groups is 1. The molecular weight excluding hydrogens is 174 g/mol. The summed E-state index contributed by atoms with van der Waals surface area (Å²) in [6, 6.07) is 3.32. The number of aromatic amines is 1. The molecule has 1 aromatic rings. The van der Waals surface area contributed by atoms with Crippen molar-refractivity contribution in [2.24, 2.45) is 0 Å². The number of nitrogens with one attached hydrogen (secondary N) is 1. The summed E-state index contributed by atoms with van der Waals surface area (Å²) in [4.78, 5) is 13.9. The maximum Gasteiger partial charge on any atom is 0.362 e. The first-order valence-corrected chi connectivity index (χ1v) is 3.66. The third-order valence-corrected chi connectivity index (χ3v) is 1.46. The topological polar surface area (TPSA) is 60.6 Å². The Morgan fingerprint density at radius 1 is 1.62 bits per heavy atom. The van der Waals surface area contributed by atoms with Crippen LogP contribution in [0.1, 0.15) is 10.5 Å². The van der Waals surface area contributed by atoms with Crippen molar-refractivity contribution < 1.29 is 19.0 Å². The molecule has 0 spiro atoms. The molecule has 0 saturated heterocycles. The van der Waals surface area contributed by atoms with Crippen LogP contribution in [0.5, 0.6) is 0 Å². The van der Waals surface area contributed by atoms with Gasteiger partial charge in [0.25, 0.3) is 0 Å². The monoisotopic (exact) mass is 181 g/mol. The molecule has 0 bridgehead atoms. The molecule has 1 aliphatic rings. The molecule has 0 unspecified atom stereocenters. The molecule has 2 rings (SSSR count). The highest BCUT2D eigenvalue weighted by Crippen LogP contribution is 2.10. The second-order valence-corrected chi connectivity index (χ2v) is 2.34. The largest absolute Gasteiger partial charge is 0.458 e. The van der Waals surface area contributed by atoms with Gasteiger partial charge in [0.2, 0.25) is 6.79 Å². The Kier molecular flexibility index (Phi) is 1.91. The van der Waals surface area contributed by atoms with Gasteiger partial charge in [-0.25, -0.2) is 4.79 Å². The summed E-state index contributed by atoms with van der Waals surface area (Å²) in [5.41, 5.74) is 0.372. The van der Waals surface area contributed by atoms with Gasteiger partial charge in [0.1, 0.15) is 5.69 Å². The molecule has 0 radical (unpaired) electrons. The standard InChI is InChI=1S/C8H7NO4/c10-8(6-2-1-3-9-6)13-7-4-11-5-12-7/h1-4,9H,5H2. The second kappa shape index (κ2) is 3.22. The molecule has 68 valence electrons. The molecule has 5 nitrogen and oxygen atoms in total. The zero-order chi connectivity index (χ0) is 9.10. The Labute approximate surface area is 73.9 Å². The zero-order valence-corrected chi connectivity index (χ0v) is 6.65. The van der Waals surface area contributed by atoms with Crippen LogP contribution in [0, 0.1) is 0 Å². The van der Waals surface area contributed by atoms with Crippen LogP contribution >= 0.6 is 0 Å². The van der Waals surface area contributed by atoms with E-state index in [-0.39, 0.29) is 12.7 Å². The minimum absolute atomic E-state index is 0.0830. The van der Waals surface area contributed by atoms with Crippen LogP contribution in [0.25, 0.3) is 0 Å². The molecule has 0 aromatic carbocycles. The molecule has 0 fully saturated rings. The van der Waals surface area contributed by atoms with E-state index < -0.39 is 5.97 Å². The highest BCUT2D eigenvalue weighted by Gasteiger charge is 2.15. The van der Waals surface area contributed by atoms with Crippen molar-refractivity contribution in [1.82, 2.24) is 4.98 Å². The molecule has 0 atom stereocenters. The number of rotatable bonds is 2. The van der Waals surface area contributed by atoms with E-state index in [0.29, 0.717) is 5.69 Å². The van der Waals surface area contributed by atoms with E-state index in [1.165, 1.54) is 6.26 Å². The van der Waals surface area contributed by atoms with Crippen molar-refractivity contribution >= 4 is 5.97 Å². The second-order valence-electron chi connectivity index (χ2n) is 2.34. The summed E-state index contributed by atoms with van der Waals surface area (Å²) in [5, 5.41) is 0. The number of ether oxygens (including phenoxy) is 3. The third kappa shape index (κ3) is 1.64. The summed E-state index contributed by atoms with van der Waals surface area (Å²) in [7, 11) is 0. The molecule has 0 saturated carbocycles. The molecule has 0 amide bonds. The van der Waals surface area contributed by atoms with Crippen molar-refractivity contribution in [3.05, 3.63) is 36.2 Å². The lowest BCUT2D eigenvalue weighted by Gasteiger charge is -2.00. The molecule has 2 heterocycles. The van der Waals surface area contributed by atoms with E-state index in [1.807, 2.05) is 0 Å². The van der Waals surface area contributed by atoms with E-state index in [0.717, 1.165) is 0 Å². The van der Waals surface area contributed by atoms with Gasteiger partial charge in [-0.05, 0) is 12.1 Å². The van der Waals surface area contributed by atoms with Gasteiger partial charge < -0.3 is 19.2 Å². The average molecular weight is 181 g/mol. The normalized spacial score (nSPS) is 14.3. The van der Waals surface area contributed by atoms with Crippen molar-refractivity contribution in [2.45, 2.75) is 0 Å². The first kappa shape index (κ1) is 7.72. The van der Waals surface area contributed by atoms with Crippen molar-refractivity contribution in [1.29, 1.82) is 0 Å². The summed E-state index contributed by atoms with van der Waals surface area (Å²) in [6.45, 7) is 0.0906. The first-order valence-electron chi connectivity index (χ1n) is 3.66. The SMILES string of the molecule is O=C(OC1=COCO1)c1ccc[nH]1. The van der Waals surface area contributed by atoms with Crippen molar-refractivity contribution in [2.75, 3.05) is 6.79 Å². The van der Waals surface area contributed by atoms with Gasteiger partial charge in [0.15, 0.2) is 6.26 Å². The third-order valence-electron chi connectivity index (χ3n) is 1.46. The van der Waals surface area contributed by atoms with Crippen LogP contribution in [0.15, 0.2) is 30.5 Å². The quantitative estimate of drug-likeness (QED) is 0.690. The van der Waals surface area contributed by atoms with Crippen LogP contribution < -0.4 is 0 Å². The lowest BCUT2D eigenvalue weighted by molar-refractivity contribution is 0.0102. The minimum atomic E-state index is -0.498.